The second kappa shape index (κ2) is 6.23. The summed E-state index contributed by atoms with van der Waals surface area (Å²) in [6.45, 7) is -2.80. The number of halogens is 4. The summed E-state index contributed by atoms with van der Waals surface area (Å²) in [4.78, 5) is 0. The van der Waals surface area contributed by atoms with Gasteiger partial charge in [-0.25, -0.2) is 0 Å². The predicted molar refractivity (Wildman–Crippen MR) is 63.6 cm³/mol. The molecule has 0 aliphatic heterocycles. The van der Waals surface area contributed by atoms with Crippen molar-refractivity contribution in [1.82, 2.24) is 0 Å². The minimum absolute atomic E-state index is 0.172. The second-order valence-electron chi connectivity index (χ2n) is 2.62. The zero-order valence-electron chi connectivity index (χ0n) is 7.59. The molecule has 5 heteroatoms. The summed E-state index contributed by atoms with van der Waals surface area (Å²) in [5.74, 6) is 0.172. The highest BCUT2D eigenvalue weighted by Gasteiger charge is 2.07. The van der Waals surface area contributed by atoms with Gasteiger partial charge in [-0.15, -0.1) is 0 Å². The lowest BCUT2D eigenvalue weighted by Crippen LogP contribution is -2.03. The summed E-state index contributed by atoms with van der Waals surface area (Å²) in [6, 6.07) is 4.88. The number of allylic oxidation sites excluding steroid dienone is 1. The van der Waals surface area contributed by atoms with E-state index >= 15 is 0 Å². The van der Waals surface area contributed by atoms with Gasteiger partial charge in [0.05, 0.1) is 0 Å². The largest absolute Gasteiger partial charge is 0.434 e. The maximum atomic E-state index is 12.1. The molecular formula is C10H8Br2F2O. The summed E-state index contributed by atoms with van der Waals surface area (Å²) in [6.07, 6.45) is 3.53. The van der Waals surface area contributed by atoms with Crippen molar-refractivity contribution < 1.29 is 13.5 Å². The van der Waals surface area contributed by atoms with Gasteiger partial charge in [0.15, 0.2) is 0 Å². The molecule has 0 N–H and O–H groups in total. The van der Waals surface area contributed by atoms with E-state index in [1.807, 2.05) is 0 Å². The molecule has 0 atom stereocenters. The van der Waals surface area contributed by atoms with Crippen molar-refractivity contribution in [2.45, 2.75) is 6.61 Å². The van der Waals surface area contributed by atoms with E-state index in [2.05, 4.69) is 36.6 Å². The first-order valence-electron chi connectivity index (χ1n) is 4.10. The summed E-state index contributed by atoms with van der Waals surface area (Å²) >= 11 is 6.48. The van der Waals surface area contributed by atoms with Crippen molar-refractivity contribution in [3.63, 3.8) is 0 Å². The van der Waals surface area contributed by atoms with Crippen LogP contribution in [0.5, 0.6) is 5.75 Å². The zero-order valence-corrected chi connectivity index (χ0v) is 10.8. The van der Waals surface area contributed by atoms with Crippen molar-refractivity contribution >= 4 is 37.9 Å². The fourth-order valence-electron chi connectivity index (χ4n) is 1.02. The van der Waals surface area contributed by atoms with Crippen LogP contribution in [0.3, 0.4) is 0 Å². The monoisotopic (exact) mass is 340 g/mol. The highest BCUT2D eigenvalue weighted by atomic mass is 79.9. The van der Waals surface area contributed by atoms with Gasteiger partial charge in [0, 0.05) is 15.4 Å². The van der Waals surface area contributed by atoms with Gasteiger partial charge in [0.25, 0.3) is 0 Å². The van der Waals surface area contributed by atoms with Crippen molar-refractivity contribution in [2.75, 3.05) is 5.33 Å². The Hall–Kier alpha value is -0.420. The van der Waals surface area contributed by atoms with Crippen LogP contribution < -0.4 is 4.74 Å². The molecule has 1 aromatic carbocycles. The van der Waals surface area contributed by atoms with Crippen LogP contribution >= 0.6 is 31.9 Å². The van der Waals surface area contributed by atoms with Crippen molar-refractivity contribution in [3.8, 4) is 5.75 Å². The average molecular weight is 342 g/mol. The van der Waals surface area contributed by atoms with E-state index in [1.54, 1.807) is 24.3 Å². The third-order valence-electron chi connectivity index (χ3n) is 1.57. The maximum absolute atomic E-state index is 12.1. The Morgan fingerprint density at radius 1 is 1.40 bits per heavy atom. The van der Waals surface area contributed by atoms with Gasteiger partial charge < -0.3 is 4.74 Å². The summed E-state index contributed by atoms with van der Waals surface area (Å²) in [5, 5.41) is 0.660. The highest BCUT2D eigenvalue weighted by molar-refractivity contribution is 9.10. The van der Waals surface area contributed by atoms with E-state index in [1.165, 1.54) is 6.07 Å². The lowest BCUT2D eigenvalue weighted by atomic mass is 10.2. The standard InChI is InChI=1S/C10H8Br2F2O/c11-5-1-2-7-6-8(12)3-4-9(7)15-10(13)14/h1-4,6,10H,5H2. The average Bonchev–Trinajstić information content (AvgIpc) is 2.18. The Balaban J connectivity index is 2.97. The SMILES string of the molecule is FC(F)Oc1ccc(Br)cc1C=CCBr. The summed E-state index contributed by atoms with van der Waals surface area (Å²) < 4.78 is 29.3. The molecule has 1 rings (SSSR count). The number of hydrogen-bond acceptors (Lipinski definition) is 1. The Bertz CT molecular complexity index is 353. The molecule has 0 aliphatic rings. The molecule has 0 unspecified atom stereocenters. The van der Waals surface area contributed by atoms with Gasteiger partial charge in [0.2, 0.25) is 0 Å². The lowest BCUT2D eigenvalue weighted by molar-refractivity contribution is -0.0499. The van der Waals surface area contributed by atoms with Crippen molar-refractivity contribution in [2.24, 2.45) is 0 Å². The lowest BCUT2D eigenvalue weighted by Gasteiger charge is -2.08. The molecule has 0 aliphatic carbocycles. The molecule has 0 spiro atoms. The highest BCUT2D eigenvalue weighted by Crippen LogP contribution is 2.25. The van der Waals surface area contributed by atoms with Gasteiger partial charge in [-0.1, -0.05) is 44.0 Å². The molecule has 1 nitrogen and oxygen atoms in total. The number of hydrogen-bond donors (Lipinski definition) is 0. The minimum Gasteiger partial charge on any atom is -0.434 e. The molecule has 0 fully saturated rings. The molecule has 0 saturated carbocycles. The van der Waals surface area contributed by atoms with Crippen molar-refractivity contribution in [3.05, 3.63) is 34.3 Å². The number of alkyl halides is 3. The first kappa shape index (κ1) is 12.6. The first-order valence-corrected chi connectivity index (χ1v) is 6.02. The van der Waals surface area contributed by atoms with Crippen LogP contribution in [0.2, 0.25) is 0 Å². The van der Waals surface area contributed by atoms with Gasteiger partial charge in [-0.2, -0.15) is 8.78 Å². The molecule has 1 aromatic rings. The van der Waals surface area contributed by atoms with E-state index in [9.17, 15) is 8.78 Å². The molecule has 0 heterocycles. The second-order valence-corrected chi connectivity index (χ2v) is 4.18. The fourth-order valence-corrected chi connectivity index (χ4v) is 1.59. The van der Waals surface area contributed by atoms with Gasteiger partial charge in [-0.3, -0.25) is 0 Å². The van der Waals surface area contributed by atoms with Crippen LogP contribution in [0.25, 0.3) is 6.08 Å². The smallest absolute Gasteiger partial charge is 0.387 e. The Morgan fingerprint density at radius 2 is 2.13 bits per heavy atom. The third kappa shape index (κ3) is 4.30. The predicted octanol–water partition coefficient (Wildman–Crippen LogP) is 4.46. The number of ether oxygens (including phenoxy) is 1. The van der Waals surface area contributed by atoms with Crippen LogP contribution in [0.4, 0.5) is 8.78 Å². The van der Waals surface area contributed by atoms with Gasteiger partial charge in [-0.05, 0) is 18.2 Å². The van der Waals surface area contributed by atoms with Gasteiger partial charge in [0.1, 0.15) is 5.75 Å². The summed E-state index contributed by atoms with van der Waals surface area (Å²) in [5.41, 5.74) is 0.615. The molecule has 82 valence electrons. The maximum Gasteiger partial charge on any atom is 0.387 e. The molecule has 0 bridgehead atoms. The normalized spacial score (nSPS) is 11.3. The minimum atomic E-state index is -2.80. The number of benzene rings is 1. The zero-order chi connectivity index (χ0) is 11.3. The van der Waals surface area contributed by atoms with E-state index in [-0.39, 0.29) is 5.75 Å². The van der Waals surface area contributed by atoms with Crippen LogP contribution in [0.1, 0.15) is 5.56 Å². The third-order valence-corrected chi connectivity index (χ3v) is 2.44. The fraction of sp³-hybridized carbons (Fsp3) is 0.200. The molecular weight excluding hydrogens is 334 g/mol. The van der Waals surface area contributed by atoms with Crippen molar-refractivity contribution in [1.29, 1.82) is 0 Å². The Morgan fingerprint density at radius 3 is 2.73 bits per heavy atom. The van der Waals surface area contributed by atoms with Crippen LogP contribution in [0.15, 0.2) is 28.7 Å². The molecule has 0 saturated heterocycles. The topological polar surface area (TPSA) is 9.23 Å². The van der Waals surface area contributed by atoms with E-state index in [0.717, 1.165) is 4.47 Å². The Kier molecular flexibility index (Phi) is 5.25. The summed E-state index contributed by atoms with van der Waals surface area (Å²) in [7, 11) is 0. The molecule has 0 aromatic heterocycles. The van der Waals surface area contributed by atoms with E-state index in [4.69, 9.17) is 0 Å². The van der Waals surface area contributed by atoms with Crippen LogP contribution in [-0.2, 0) is 0 Å². The van der Waals surface area contributed by atoms with Crippen LogP contribution in [0, 0.1) is 0 Å². The first-order chi connectivity index (χ1) is 7.13. The number of rotatable bonds is 4. The molecule has 15 heavy (non-hydrogen) atoms. The quantitative estimate of drug-likeness (QED) is 0.735. The Labute approximate surface area is 103 Å². The van der Waals surface area contributed by atoms with Gasteiger partial charge >= 0.3 is 6.61 Å². The molecule has 0 radical (unpaired) electrons. The van der Waals surface area contributed by atoms with E-state index < -0.39 is 6.61 Å². The van der Waals surface area contributed by atoms with E-state index in [0.29, 0.717) is 10.9 Å². The van der Waals surface area contributed by atoms with Crippen LogP contribution in [-0.4, -0.2) is 11.9 Å². The molecule has 0 amide bonds.